The van der Waals surface area contributed by atoms with Crippen molar-refractivity contribution in [1.82, 2.24) is 10.2 Å². The molecule has 1 atom stereocenters. The number of methoxy groups -OCH3 is 1. The highest BCUT2D eigenvalue weighted by Crippen LogP contribution is 2.40. The fourth-order valence-electron chi connectivity index (χ4n) is 3.29. The Labute approximate surface area is 152 Å². The summed E-state index contributed by atoms with van der Waals surface area (Å²) >= 11 is 0. The maximum Gasteiger partial charge on any atom is 0.254 e. The van der Waals surface area contributed by atoms with Crippen molar-refractivity contribution < 1.29 is 23.8 Å². The Bertz CT molecular complexity index is 662. The molecule has 0 bridgehead atoms. The molecule has 8 nitrogen and oxygen atoms in total. The van der Waals surface area contributed by atoms with Crippen molar-refractivity contribution in [3.8, 4) is 17.2 Å². The predicted octanol–water partition coefficient (Wildman–Crippen LogP) is 0.394. The van der Waals surface area contributed by atoms with Gasteiger partial charge >= 0.3 is 0 Å². The lowest BCUT2D eigenvalue weighted by molar-refractivity contribution is -0.126. The van der Waals surface area contributed by atoms with E-state index in [-0.39, 0.29) is 17.7 Å². The Hall–Kier alpha value is -2.48. The second kappa shape index (κ2) is 8.27. The molecule has 0 radical (unpaired) electrons. The quantitative estimate of drug-likeness (QED) is 0.785. The number of nitrogens with one attached hydrogen (secondary N) is 1. The van der Waals surface area contributed by atoms with E-state index < -0.39 is 0 Å². The summed E-state index contributed by atoms with van der Waals surface area (Å²) in [7, 11) is 1.53. The van der Waals surface area contributed by atoms with E-state index in [0.29, 0.717) is 62.2 Å². The molecule has 2 aliphatic heterocycles. The monoisotopic (exact) mass is 363 g/mol. The Balaban J connectivity index is 1.75. The van der Waals surface area contributed by atoms with Crippen molar-refractivity contribution in [3.63, 3.8) is 0 Å². The molecule has 3 rings (SSSR count). The highest BCUT2D eigenvalue weighted by Gasteiger charge is 2.30. The molecular weight excluding hydrogens is 338 g/mol. The van der Waals surface area contributed by atoms with Crippen LogP contribution in [0.4, 0.5) is 0 Å². The molecule has 1 unspecified atom stereocenters. The fourth-order valence-corrected chi connectivity index (χ4v) is 3.29. The number of nitrogens with two attached hydrogens (primary N) is 1. The number of amides is 2. The molecule has 0 saturated carbocycles. The van der Waals surface area contributed by atoms with E-state index in [1.165, 1.54) is 7.11 Å². The molecule has 142 valence electrons. The Morgan fingerprint density at radius 3 is 2.92 bits per heavy atom. The van der Waals surface area contributed by atoms with E-state index in [0.717, 1.165) is 12.8 Å². The summed E-state index contributed by atoms with van der Waals surface area (Å²) in [5.74, 6) is 1.10. The molecule has 1 aromatic rings. The lowest BCUT2D eigenvalue weighted by Crippen LogP contribution is -2.46. The maximum absolute atomic E-state index is 13.0. The first-order chi connectivity index (χ1) is 12.6. The molecule has 3 N–H and O–H groups in total. The maximum atomic E-state index is 13.0. The number of fused-ring (bicyclic) bond motifs is 1. The van der Waals surface area contributed by atoms with Crippen LogP contribution in [0, 0.1) is 5.92 Å². The number of nitrogens with zero attached hydrogens (tertiary/aromatic N) is 1. The minimum absolute atomic E-state index is 0.0484. The van der Waals surface area contributed by atoms with Crippen LogP contribution in [0.2, 0.25) is 0 Å². The summed E-state index contributed by atoms with van der Waals surface area (Å²) in [6.07, 6.45) is 1.55. The number of benzene rings is 1. The lowest BCUT2D eigenvalue weighted by atomic mass is 9.96. The summed E-state index contributed by atoms with van der Waals surface area (Å²) in [5.41, 5.74) is 5.89. The molecule has 2 aliphatic rings. The average molecular weight is 363 g/mol. The van der Waals surface area contributed by atoms with Gasteiger partial charge in [-0.05, 0) is 25.0 Å². The third-order valence-electron chi connectivity index (χ3n) is 4.60. The molecule has 2 heterocycles. The number of rotatable bonds is 5. The van der Waals surface area contributed by atoms with E-state index in [9.17, 15) is 9.59 Å². The molecule has 0 aliphatic carbocycles. The van der Waals surface area contributed by atoms with Crippen molar-refractivity contribution in [2.45, 2.75) is 12.8 Å². The van der Waals surface area contributed by atoms with Crippen LogP contribution in [0.1, 0.15) is 23.2 Å². The molecule has 8 heteroatoms. The molecule has 0 aromatic heterocycles. The Kier molecular flexibility index (Phi) is 5.82. The third-order valence-corrected chi connectivity index (χ3v) is 4.60. The van der Waals surface area contributed by atoms with E-state index >= 15 is 0 Å². The first kappa shape index (κ1) is 18.3. The van der Waals surface area contributed by atoms with Crippen LogP contribution in [0.25, 0.3) is 0 Å². The zero-order valence-corrected chi connectivity index (χ0v) is 15.0. The fraction of sp³-hybridized carbons (Fsp3) is 0.556. The van der Waals surface area contributed by atoms with Crippen molar-refractivity contribution in [3.05, 3.63) is 17.7 Å². The number of hydrogen-bond donors (Lipinski definition) is 2. The van der Waals surface area contributed by atoms with E-state index in [1.807, 2.05) is 0 Å². The van der Waals surface area contributed by atoms with E-state index in [2.05, 4.69) is 5.32 Å². The molecule has 26 heavy (non-hydrogen) atoms. The largest absolute Gasteiger partial charge is 0.493 e. The van der Waals surface area contributed by atoms with Gasteiger partial charge in [0.15, 0.2) is 11.5 Å². The average Bonchev–Trinajstić information content (AvgIpc) is 2.70. The van der Waals surface area contributed by atoms with Crippen LogP contribution < -0.4 is 25.3 Å². The second-order valence-corrected chi connectivity index (χ2v) is 6.37. The van der Waals surface area contributed by atoms with Gasteiger partial charge < -0.3 is 30.2 Å². The molecule has 1 saturated heterocycles. The molecule has 2 amide bonds. The minimum Gasteiger partial charge on any atom is -0.493 e. The highest BCUT2D eigenvalue weighted by molar-refractivity contribution is 5.96. The van der Waals surface area contributed by atoms with Crippen molar-refractivity contribution in [2.24, 2.45) is 11.7 Å². The van der Waals surface area contributed by atoms with Gasteiger partial charge in [0.05, 0.1) is 13.0 Å². The predicted molar refractivity (Wildman–Crippen MR) is 94.7 cm³/mol. The molecular formula is C18H25N3O5. The van der Waals surface area contributed by atoms with Crippen molar-refractivity contribution in [2.75, 3.05) is 46.5 Å². The summed E-state index contributed by atoms with van der Waals surface area (Å²) in [6.45, 7) is 2.74. The molecule has 1 fully saturated rings. The number of piperidine rings is 1. The van der Waals surface area contributed by atoms with Crippen molar-refractivity contribution in [1.29, 1.82) is 0 Å². The van der Waals surface area contributed by atoms with Gasteiger partial charge in [-0.2, -0.15) is 0 Å². The number of likely N-dealkylation sites (tertiary alicyclic amines) is 1. The van der Waals surface area contributed by atoms with Gasteiger partial charge in [-0.25, -0.2) is 0 Å². The van der Waals surface area contributed by atoms with Crippen molar-refractivity contribution >= 4 is 11.8 Å². The van der Waals surface area contributed by atoms with Gasteiger partial charge in [-0.3, -0.25) is 9.59 Å². The van der Waals surface area contributed by atoms with Crippen LogP contribution in [0.3, 0.4) is 0 Å². The second-order valence-electron chi connectivity index (χ2n) is 6.37. The van der Waals surface area contributed by atoms with E-state index in [4.69, 9.17) is 19.9 Å². The summed E-state index contributed by atoms with van der Waals surface area (Å²) in [5, 5.41) is 2.80. The van der Waals surface area contributed by atoms with Gasteiger partial charge in [0.1, 0.15) is 13.2 Å². The summed E-state index contributed by atoms with van der Waals surface area (Å²) in [4.78, 5) is 26.9. The Morgan fingerprint density at radius 2 is 2.15 bits per heavy atom. The van der Waals surface area contributed by atoms with Crippen LogP contribution in [-0.2, 0) is 4.79 Å². The van der Waals surface area contributed by atoms with Gasteiger partial charge in [-0.1, -0.05) is 0 Å². The summed E-state index contributed by atoms with van der Waals surface area (Å²) < 4.78 is 16.5. The first-order valence-corrected chi connectivity index (χ1v) is 8.88. The van der Waals surface area contributed by atoms with Crippen LogP contribution in [-0.4, -0.2) is 63.2 Å². The molecule has 1 aromatic carbocycles. The van der Waals surface area contributed by atoms with Crippen LogP contribution in [0.15, 0.2) is 12.1 Å². The first-order valence-electron chi connectivity index (χ1n) is 8.88. The number of ether oxygens (including phenoxy) is 3. The Morgan fingerprint density at radius 1 is 1.35 bits per heavy atom. The van der Waals surface area contributed by atoms with Gasteiger partial charge in [-0.15, -0.1) is 0 Å². The normalized spacial score (nSPS) is 19.0. The number of carbonyl (C=O) groups excluding carboxylic acids is 2. The topological polar surface area (TPSA) is 103 Å². The zero-order valence-electron chi connectivity index (χ0n) is 15.0. The van der Waals surface area contributed by atoms with Crippen LogP contribution in [0.5, 0.6) is 17.2 Å². The lowest BCUT2D eigenvalue weighted by Gasteiger charge is -2.32. The SMILES string of the molecule is COc1cc(C(=O)N2CCCC(C(=O)NCCN)C2)cc2c1OCCO2. The molecule has 0 spiro atoms. The number of hydrogen-bond acceptors (Lipinski definition) is 6. The highest BCUT2D eigenvalue weighted by atomic mass is 16.6. The number of carbonyl (C=O) groups is 2. The minimum atomic E-state index is -0.210. The third kappa shape index (κ3) is 3.85. The summed E-state index contributed by atoms with van der Waals surface area (Å²) in [6, 6.07) is 3.34. The standard InChI is InChI=1S/C18H25N3O5/c1-24-14-9-13(10-15-16(14)26-8-7-25-15)18(23)21-6-2-3-12(11-21)17(22)20-5-4-19/h9-10,12H,2-8,11,19H2,1H3,(H,20,22). The van der Waals surface area contributed by atoms with E-state index in [1.54, 1.807) is 17.0 Å². The van der Waals surface area contributed by atoms with Gasteiger partial charge in [0, 0.05) is 31.7 Å². The van der Waals surface area contributed by atoms with Gasteiger partial charge in [0.2, 0.25) is 11.7 Å². The van der Waals surface area contributed by atoms with Gasteiger partial charge in [0.25, 0.3) is 5.91 Å². The van der Waals surface area contributed by atoms with Crippen LogP contribution >= 0.6 is 0 Å². The smallest absolute Gasteiger partial charge is 0.254 e. The zero-order chi connectivity index (χ0) is 18.5.